The third kappa shape index (κ3) is 2.94. The number of morpholine rings is 1. The SMILES string of the molecule is Cn1c(N2CCO[C@@H](c3ccc(F)cc3)C2)c(C#N)c(=O)n(C)c1=O. The molecule has 0 spiro atoms. The van der Waals surface area contributed by atoms with Crippen molar-refractivity contribution in [3.63, 3.8) is 0 Å². The average Bonchev–Trinajstić information content (AvgIpc) is 2.63. The fraction of sp³-hybridized carbons (Fsp3) is 0.353. The summed E-state index contributed by atoms with van der Waals surface area (Å²) in [7, 11) is 2.87. The van der Waals surface area contributed by atoms with Crippen molar-refractivity contribution >= 4 is 5.82 Å². The molecule has 0 N–H and O–H groups in total. The summed E-state index contributed by atoms with van der Waals surface area (Å²) in [5, 5.41) is 9.40. The number of hydrogen-bond acceptors (Lipinski definition) is 5. The molecular formula is C17H17FN4O3. The molecule has 1 fully saturated rings. The van der Waals surface area contributed by atoms with Crippen molar-refractivity contribution in [3.05, 3.63) is 62.0 Å². The zero-order chi connectivity index (χ0) is 18.1. The Labute approximate surface area is 143 Å². The van der Waals surface area contributed by atoms with Crippen LogP contribution in [0.2, 0.25) is 0 Å². The first-order chi connectivity index (χ1) is 11.9. The predicted molar refractivity (Wildman–Crippen MR) is 88.9 cm³/mol. The van der Waals surface area contributed by atoms with Crippen LogP contribution in [-0.4, -0.2) is 28.8 Å². The number of rotatable bonds is 2. The van der Waals surface area contributed by atoms with E-state index in [1.807, 2.05) is 6.07 Å². The first-order valence-electron chi connectivity index (χ1n) is 7.76. The van der Waals surface area contributed by atoms with E-state index in [1.54, 1.807) is 17.0 Å². The summed E-state index contributed by atoms with van der Waals surface area (Å²) in [6.07, 6.45) is -0.347. The number of hydrogen-bond donors (Lipinski definition) is 0. The number of nitriles is 1. The summed E-state index contributed by atoms with van der Waals surface area (Å²) in [5.74, 6) is -0.0526. The lowest BCUT2D eigenvalue weighted by atomic mass is 10.1. The first kappa shape index (κ1) is 16.9. The fourth-order valence-corrected chi connectivity index (χ4v) is 3.02. The molecule has 0 aliphatic carbocycles. The van der Waals surface area contributed by atoms with Crippen LogP contribution >= 0.6 is 0 Å². The van der Waals surface area contributed by atoms with E-state index >= 15 is 0 Å². The maximum absolute atomic E-state index is 13.1. The van der Waals surface area contributed by atoms with Gasteiger partial charge in [0.2, 0.25) is 0 Å². The van der Waals surface area contributed by atoms with Gasteiger partial charge in [0, 0.05) is 27.2 Å². The Kier molecular flexibility index (Phi) is 4.42. The Balaban J connectivity index is 2.03. The lowest BCUT2D eigenvalue weighted by molar-refractivity contribution is 0.0392. The molecule has 0 saturated carbocycles. The zero-order valence-corrected chi connectivity index (χ0v) is 13.9. The maximum atomic E-state index is 13.1. The van der Waals surface area contributed by atoms with Gasteiger partial charge in [-0.2, -0.15) is 5.26 Å². The predicted octanol–water partition coefficient (Wildman–Crippen LogP) is 0.673. The molecule has 1 aliphatic rings. The average molecular weight is 344 g/mol. The van der Waals surface area contributed by atoms with Crippen molar-refractivity contribution < 1.29 is 9.13 Å². The van der Waals surface area contributed by atoms with Gasteiger partial charge in [-0.3, -0.25) is 13.9 Å². The number of ether oxygens (including phenoxy) is 1. The summed E-state index contributed by atoms with van der Waals surface area (Å²) in [5.41, 5.74) is -0.406. The second-order valence-corrected chi connectivity index (χ2v) is 5.87. The Bertz CT molecular complexity index is 956. The maximum Gasteiger partial charge on any atom is 0.332 e. The van der Waals surface area contributed by atoms with E-state index < -0.39 is 11.2 Å². The van der Waals surface area contributed by atoms with Crippen LogP contribution in [0.3, 0.4) is 0 Å². The van der Waals surface area contributed by atoms with Crippen molar-refractivity contribution in [2.24, 2.45) is 14.1 Å². The van der Waals surface area contributed by atoms with E-state index in [9.17, 15) is 19.2 Å². The summed E-state index contributed by atoms with van der Waals surface area (Å²) < 4.78 is 21.1. The number of aromatic nitrogens is 2. The van der Waals surface area contributed by atoms with Crippen LogP contribution in [0.25, 0.3) is 0 Å². The molecule has 130 valence electrons. The Hall–Kier alpha value is -2.92. The minimum Gasteiger partial charge on any atom is -0.370 e. The monoisotopic (exact) mass is 344 g/mol. The fourth-order valence-electron chi connectivity index (χ4n) is 3.02. The standard InChI is InChI=1S/C17H17FN4O3/c1-20-15(13(9-19)16(23)21(2)17(20)24)22-7-8-25-14(10-22)11-3-5-12(18)6-4-11/h3-6,14H,7-8,10H2,1-2H3/t14-/m1/s1. The Morgan fingerprint density at radius 1 is 1.20 bits per heavy atom. The van der Waals surface area contributed by atoms with Crippen LogP contribution in [0.5, 0.6) is 0 Å². The van der Waals surface area contributed by atoms with Crippen molar-refractivity contribution in [1.82, 2.24) is 9.13 Å². The van der Waals surface area contributed by atoms with Crippen molar-refractivity contribution in [3.8, 4) is 6.07 Å². The van der Waals surface area contributed by atoms with Crippen LogP contribution in [0.4, 0.5) is 10.2 Å². The van der Waals surface area contributed by atoms with Crippen LogP contribution < -0.4 is 16.1 Å². The highest BCUT2D eigenvalue weighted by molar-refractivity contribution is 5.54. The van der Waals surface area contributed by atoms with Gasteiger partial charge in [0.15, 0.2) is 5.56 Å². The van der Waals surface area contributed by atoms with Gasteiger partial charge in [-0.05, 0) is 17.7 Å². The third-order valence-electron chi connectivity index (χ3n) is 4.35. The van der Waals surface area contributed by atoms with E-state index in [1.165, 1.54) is 30.8 Å². The molecule has 0 amide bonds. The highest BCUT2D eigenvalue weighted by Gasteiger charge is 2.27. The van der Waals surface area contributed by atoms with Gasteiger partial charge in [0.25, 0.3) is 5.56 Å². The van der Waals surface area contributed by atoms with Crippen molar-refractivity contribution in [2.75, 3.05) is 24.6 Å². The molecule has 0 unspecified atom stereocenters. The minimum atomic E-state index is -0.620. The topological polar surface area (TPSA) is 80.3 Å². The lowest BCUT2D eigenvalue weighted by Gasteiger charge is -2.35. The molecule has 1 atom stereocenters. The normalized spacial score (nSPS) is 17.4. The van der Waals surface area contributed by atoms with Crippen LogP contribution in [0.15, 0.2) is 33.9 Å². The van der Waals surface area contributed by atoms with Crippen LogP contribution in [-0.2, 0) is 18.8 Å². The molecule has 0 bridgehead atoms. The molecule has 1 saturated heterocycles. The molecular weight excluding hydrogens is 327 g/mol. The number of anilines is 1. The highest BCUT2D eigenvalue weighted by atomic mass is 19.1. The highest BCUT2D eigenvalue weighted by Crippen LogP contribution is 2.26. The van der Waals surface area contributed by atoms with Gasteiger partial charge in [0.05, 0.1) is 6.61 Å². The Morgan fingerprint density at radius 2 is 1.88 bits per heavy atom. The molecule has 1 aliphatic heterocycles. The van der Waals surface area contributed by atoms with Gasteiger partial charge in [-0.15, -0.1) is 0 Å². The molecule has 7 nitrogen and oxygen atoms in total. The first-order valence-corrected chi connectivity index (χ1v) is 7.76. The summed E-state index contributed by atoms with van der Waals surface area (Å²) in [4.78, 5) is 26.3. The molecule has 25 heavy (non-hydrogen) atoms. The molecule has 3 rings (SSSR count). The van der Waals surface area contributed by atoms with Gasteiger partial charge in [-0.25, -0.2) is 9.18 Å². The molecule has 8 heteroatoms. The van der Waals surface area contributed by atoms with E-state index in [0.29, 0.717) is 19.7 Å². The van der Waals surface area contributed by atoms with E-state index in [4.69, 9.17) is 4.74 Å². The zero-order valence-electron chi connectivity index (χ0n) is 13.9. The second kappa shape index (κ2) is 6.53. The second-order valence-electron chi connectivity index (χ2n) is 5.87. The Morgan fingerprint density at radius 3 is 2.52 bits per heavy atom. The molecule has 2 heterocycles. The molecule has 1 aromatic carbocycles. The molecule has 1 aromatic heterocycles. The van der Waals surface area contributed by atoms with E-state index in [0.717, 1.165) is 10.1 Å². The lowest BCUT2D eigenvalue weighted by Crippen LogP contribution is -2.46. The van der Waals surface area contributed by atoms with Gasteiger partial charge >= 0.3 is 5.69 Å². The largest absolute Gasteiger partial charge is 0.370 e. The number of halogens is 1. The van der Waals surface area contributed by atoms with Crippen LogP contribution in [0, 0.1) is 17.1 Å². The number of nitrogens with zero attached hydrogens (tertiary/aromatic N) is 4. The summed E-state index contributed by atoms with van der Waals surface area (Å²) in [6, 6.07) is 7.89. The van der Waals surface area contributed by atoms with Crippen molar-refractivity contribution in [1.29, 1.82) is 5.26 Å². The van der Waals surface area contributed by atoms with Gasteiger partial charge < -0.3 is 9.64 Å². The quantitative estimate of drug-likeness (QED) is 0.800. The van der Waals surface area contributed by atoms with E-state index in [-0.39, 0.29) is 23.3 Å². The smallest absolute Gasteiger partial charge is 0.332 e. The molecule has 2 aromatic rings. The van der Waals surface area contributed by atoms with Crippen molar-refractivity contribution in [2.45, 2.75) is 6.10 Å². The molecule has 0 radical (unpaired) electrons. The minimum absolute atomic E-state index is 0.0793. The van der Waals surface area contributed by atoms with Crippen LogP contribution in [0.1, 0.15) is 17.2 Å². The van der Waals surface area contributed by atoms with E-state index in [2.05, 4.69) is 0 Å². The summed E-state index contributed by atoms with van der Waals surface area (Å²) >= 11 is 0. The third-order valence-corrected chi connectivity index (χ3v) is 4.35. The summed E-state index contributed by atoms with van der Waals surface area (Å²) in [6.45, 7) is 1.14. The number of benzene rings is 1. The van der Waals surface area contributed by atoms with Gasteiger partial charge in [0.1, 0.15) is 23.8 Å². The van der Waals surface area contributed by atoms with Gasteiger partial charge in [-0.1, -0.05) is 12.1 Å².